The third kappa shape index (κ3) is 7.11. The first-order chi connectivity index (χ1) is 16.7. The summed E-state index contributed by atoms with van der Waals surface area (Å²) < 4.78 is 0. The molecule has 2 aromatic rings. The Morgan fingerprint density at radius 1 is 1.29 bits per heavy atom. The molecule has 1 saturated carbocycles. The van der Waals surface area contributed by atoms with Gasteiger partial charge >= 0.3 is 0 Å². The summed E-state index contributed by atoms with van der Waals surface area (Å²) in [5.41, 5.74) is 9.01. The number of aromatic nitrogens is 2. The fraction of sp³-hybridized carbons (Fsp3) is 0.400. The lowest BCUT2D eigenvalue weighted by molar-refractivity contribution is -0.135. The Bertz CT molecular complexity index is 1130. The zero-order valence-corrected chi connectivity index (χ0v) is 21.8. The van der Waals surface area contributed by atoms with E-state index in [0.29, 0.717) is 30.0 Å². The fourth-order valence-corrected chi connectivity index (χ4v) is 3.77. The van der Waals surface area contributed by atoms with Crippen LogP contribution in [0, 0.1) is 6.92 Å². The lowest BCUT2D eigenvalue weighted by atomic mass is 10.1. The van der Waals surface area contributed by atoms with Crippen LogP contribution >= 0.6 is 15.9 Å². The average molecular weight is 543 g/mol. The molecule has 9 nitrogen and oxygen atoms in total. The number of primary amides is 1. The number of aryl methyl sites for hydroxylation is 1. The maximum atomic E-state index is 12.5. The van der Waals surface area contributed by atoms with Gasteiger partial charge < -0.3 is 21.3 Å². The van der Waals surface area contributed by atoms with E-state index in [9.17, 15) is 14.4 Å². The largest absolute Gasteiger partial charge is 0.364 e. The van der Waals surface area contributed by atoms with Gasteiger partial charge in [-0.3, -0.25) is 14.4 Å². The summed E-state index contributed by atoms with van der Waals surface area (Å²) >= 11 is 3.23. The number of likely N-dealkylation sites (N-methyl/N-ethyl adjacent to an activating group) is 1. The van der Waals surface area contributed by atoms with Crippen molar-refractivity contribution >= 4 is 45.2 Å². The number of amides is 3. The summed E-state index contributed by atoms with van der Waals surface area (Å²) in [5.74, 6) is -0.353. The number of benzene rings is 1. The zero-order valence-electron chi connectivity index (χ0n) is 20.2. The highest BCUT2D eigenvalue weighted by Gasteiger charge is 2.29. The number of allylic oxidation sites excluding steroid dienone is 1. The minimum absolute atomic E-state index is 0.114. The van der Waals surface area contributed by atoms with Crippen molar-refractivity contribution in [2.45, 2.75) is 45.1 Å². The molecule has 3 rings (SSSR count). The Labute approximate surface area is 213 Å². The molecule has 0 unspecified atom stereocenters. The minimum Gasteiger partial charge on any atom is -0.364 e. The van der Waals surface area contributed by atoms with Crippen molar-refractivity contribution in [3.63, 3.8) is 0 Å². The smallest absolute Gasteiger partial charge is 0.271 e. The van der Waals surface area contributed by atoms with Crippen LogP contribution in [0.1, 0.15) is 53.1 Å². The molecule has 0 spiro atoms. The summed E-state index contributed by atoms with van der Waals surface area (Å²) in [4.78, 5) is 46.9. The number of carbonyl (C=O) groups excluding carboxylic acids is 3. The van der Waals surface area contributed by atoms with Gasteiger partial charge in [0.25, 0.3) is 5.91 Å². The lowest BCUT2D eigenvalue weighted by Gasteiger charge is -2.23. The van der Waals surface area contributed by atoms with E-state index in [1.54, 1.807) is 20.0 Å². The van der Waals surface area contributed by atoms with E-state index in [1.807, 2.05) is 31.2 Å². The molecule has 1 fully saturated rings. The standard InChI is InChI=1S/C25H31BrN6O3/c1-15-21(18-9-10-18)31-24(22(29-15)23(27)34)30-19-7-4-6-17(14-19)11-13-28-25(35)16(2)32(3)20(33)8-5-12-26/h4-8,14,16,18H,9-13H2,1-3H3,(H2,27,34)(H,28,35)(H,30,31)/b8-5+/t16-/m0/s1. The Hall–Kier alpha value is -3.27. The molecule has 0 bridgehead atoms. The van der Waals surface area contributed by atoms with Gasteiger partial charge in [0, 0.05) is 30.5 Å². The van der Waals surface area contributed by atoms with Crippen LogP contribution in [0.3, 0.4) is 0 Å². The van der Waals surface area contributed by atoms with Crippen molar-refractivity contribution in [1.82, 2.24) is 20.2 Å². The highest BCUT2D eigenvalue weighted by Crippen LogP contribution is 2.41. The number of nitrogens with two attached hydrogens (primary N) is 1. The number of nitrogens with zero attached hydrogens (tertiary/aromatic N) is 3. The Morgan fingerprint density at radius 2 is 2.03 bits per heavy atom. The summed E-state index contributed by atoms with van der Waals surface area (Å²) in [6.45, 7) is 3.95. The van der Waals surface area contributed by atoms with E-state index in [-0.39, 0.29) is 17.5 Å². The minimum atomic E-state index is -0.635. The molecule has 0 saturated heterocycles. The lowest BCUT2D eigenvalue weighted by Crippen LogP contribution is -2.45. The first-order valence-corrected chi connectivity index (χ1v) is 12.6. The second kappa shape index (κ2) is 11.9. The second-order valence-electron chi connectivity index (χ2n) is 8.58. The highest BCUT2D eigenvalue weighted by molar-refractivity contribution is 9.09. The highest BCUT2D eigenvalue weighted by atomic mass is 79.9. The molecule has 1 atom stereocenters. The van der Waals surface area contributed by atoms with E-state index in [1.165, 1.54) is 11.0 Å². The van der Waals surface area contributed by atoms with Crippen LogP contribution in [-0.2, 0) is 16.0 Å². The number of halogens is 1. The molecule has 3 amide bonds. The van der Waals surface area contributed by atoms with E-state index in [4.69, 9.17) is 5.73 Å². The Balaban J connectivity index is 1.62. The monoisotopic (exact) mass is 542 g/mol. The van der Waals surface area contributed by atoms with Gasteiger partial charge in [-0.15, -0.1) is 0 Å². The van der Waals surface area contributed by atoms with Crippen LogP contribution in [0.15, 0.2) is 36.4 Å². The van der Waals surface area contributed by atoms with E-state index >= 15 is 0 Å². The first-order valence-electron chi connectivity index (χ1n) is 11.5. The molecule has 1 heterocycles. The molecule has 186 valence electrons. The predicted octanol–water partition coefficient (Wildman–Crippen LogP) is 2.96. The number of hydrogen-bond acceptors (Lipinski definition) is 6. The van der Waals surface area contributed by atoms with Gasteiger partial charge in [-0.1, -0.05) is 34.1 Å². The van der Waals surface area contributed by atoms with Gasteiger partial charge in [0.15, 0.2) is 11.5 Å². The van der Waals surface area contributed by atoms with Gasteiger partial charge in [0.05, 0.1) is 11.4 Å². The molecular formula is C25H31BrN6O3. The number of alkyl halides is 1. The van der Waals surface area contributed by atoms with Gasteiger partial charge in [-0.2, -0.15) is 0 Å². The number of nitrogens with one attached hydrogen (secondary N) is 2. The number of anilines is 2. The molecule has 1 aliphatic carbocycles. The van der Waals surface area contributed by atoms with Gasteiger partial charge in [-0.05, 0) is 56.9 Å². The summed E-state index contributed by atoms with van der Waals surface area (Å²) in [6.07, 6.45) is 5.85. The quantitative estimate of drug-likeness (QED) is 0.295. The van der Waals surface area contributed by atoms with Crippen molar-refractivity contribution in [2.75, 3.05) is 24.2 Å². The van der Waals surface area contributed by atoms with Crippen LogP contribution in [0.25, 0.3) is 0 Å². The third-order valence-electron chi connectivity index (χ3n) is 5.86. The molecular weight excluding hydrogens is 512 g/mol. The molecule has 1 aromatic carbocycles. The molecule has 1 aromatic heterocycles. The van der Waals surface area contributed by atoms with E-state index in [0.717, 1.165) is 35.5 Å². The number of carbonyl (C=O) groups is 3. The second-order valence-corrected chi connectivity index (χ2v) is 9.23. The SMILES string of the molecule is Cc1nc(C(N)=O)c(Nc2cccc(CCNC(=O)[C@H](C)N(C)C(=O)/C=C/CBr)c2)nc1C1CC1. The number of rotatable bonds is 11. The van der Waals surface area contributed by atoms with Crippen molar-refractivity contribution in [1.29, 1.82) is 0 Å². The van der Waals surface area contributed by atoms with Crippen molar-refractivity contribution in [3.05, 3.63) is 59.1 Å². The maximum Gasteiger partial charge on any atom is 0.271 e. The average Bonchev–Trinajstić information content (AvgIpc) is 3.67. The first kappa shape index (κ1) is 26.3. The summed E-state index contributed by atoms with van der Waals surface area (Å²) in [6, 6.07) is 7.04. The van der Waals surface area contributed by atoms with Gasteiger partial charge in [0.2, 0.25) is 11.8 Å². The molecule has 35 heavy (non-hydrogen) atoms. The van der Waals surface area contributed by atoms with Crippen LogP contribution in [0.5, 0.6) is 0 Å². The number of hydrogen-bond donors (Lipinski definition) is 3. The molecule has 4 N–H and O–H groups in total. The maximum absolute atomic E-state index is 12.5. The Morgan fingerprint density at radius 3 is 2.69 bits per heavy atom. The normalized spacial score (nSPS) is 13.9. The summed E-state index contributed by atoms with van der Waals surface area (Å²) in [7, 11) is 1.60. The van der Waals surface area contributed by atoms with E-state index in [2.05, 4.69) is 36.5 Å². The molecule has 0 radical (unpaired) electrons. The zero-order chi connectivity index (χ0) is 25.5. The van der Waals surface area contributed by atoms with E-state index < -0.39 is 11.9 Å². The molecule has 10 heteroatoms. The van der Waals surface area contributed by atoms with Gasteiger partial charge in [-0.25, -0.2) is 9.97 Å². The topological polar surface area (TPSA) is 130 Å². The van der Waals surface area contributed by atoms with Crippen molar-refractivity contribution in [3.8, 4) is 0 Å². The van der Waals surface area contributed by atoms with Crippen LogP contribution in [-0.4, -0.2) is 57.6 Å². The third-order valence-corrected chi connectivity index (χ3v) is 6.24. The van der Waals surface area contributed by atoms with Crippen LogP contribution < -0.4 is 16.4 Å². The molecule has 1 aliphatic rings. The van der Waals surface area contributed by atoms with Crippen molar-refractivity contribution < 1.29 is 14.4 Å². The van der Waals surface area contributed by atoms with Crippen molar-refractivity contribution in [2.24, 2.45) is 5.73 Å². The fourth-order valence-electron chi connectivity index (χ4n) is 3.58. The molecule has 0 aliphatic heterocycles. The summed E-state index contributed by atoms with van der Waals surface area (Å²) in [5, 5.41) is 6.64. The van der Waals surface area contributed by atoms with Crippen LogP contribution in [0.4, 0.5) is 11.5 Å². The van der Waals surface area contributed by atoms with Crippen LogP contribution in [0.2, 0.25) is 0 Å². The Kier molecular flexibility index (Phi) is 8.97. The van der Waals surface area contributed by atoms with Gasteiger partial charge in [0.1, 0.15) is 6.04 Å². The predicted molar refractivity (Wildman–Crippen MR) is 139 cm³/mol.